The molecule has 3 rings (SSSR count). The Labute approximate surface area is 171 Å². The van der Waals surface area contributed by atoms with Gasteiger partial charge in [0.25, 0.3) is 10.0 Å². The number of nitrogens with one attached hydrogen (secondary N) is 2. The molecule has 29 heavy (non-hydrogen) atoms. The fourth-order valence-electron chi connectivity index (χ4n) is 2.50. The summed E-state index contributed by atoms with van der Waals surface area (Å²) in [6.45, 7) is 3.69. The number of carbonyl (C=O) groups is 1. The maximum Gasteiger partial charge on any atom is 0.347 e. The first-order valence-electron chi connectivity index (χ1n) is 8.71. The summed E-state index contributed by atoms with van der Waals surface area (Å²) < 4.78 is 27.3. The lowest BCUT2D eigenvalue weighted by Crippen LogP contribution is -2.15. The lowest BCUT2D eigenvalue weighted by atomic mass is 10.2. The number of carboxylic acid groups (broad SMARTS) is 1. The highest BCUT2D eigenvalue weighted by molar-refractivity contribution is 7.92. The van der Waals surface area contributed by atoms with Crippen molar-refractivity contribution in [2.24, 2.45) is 0 Å². The fraction of sp³-hybridized carbons (Fsp3) is 0.222. The minimum Gasteiger partial charge on any atom is -0.477 e. The van der Waals surface area contributed by atoms with Crippen LogP contribution in [0.15, 0.2) is 41.4 Å². The van der Waals surface area contributed by atoms with Gasteiger partial charge in [-0.3, -0.25) is 0 Å². The number of hydrogen-bond donors (Lipinski definition) is 3. The summed E-state index contributed by atoms with van der Waals surface area (Å²) >= 11 is 1.05. The second-order valence-corrected chi connectivity index (χ2v) is 8.81. The van der Waals surface area contributed by atoms with E-state index >= 15 is 0 Å². The predicted octanol–water partition coefficient (Wildman–Crippen LogP) is 3.44. The first kappa shape index (κ1) is 20.7. The Kier molecular flexibility index (Phi) is 6.09. The van der Waals surface area contributed by atoms with Gasteiger partial charge >= 0.3 is 5.97 Å². The van der Waals surface area contributed by atoms with E-state index in [0.29, 0.717) is 28.6 Å². The highest BCUT2D eigenvalue weighted by Crippen LogP contribution is 2.27. The van der Waals surface area contributed by atoms with E-state index in [1.807, 2.05) is 6.92 Å². The average Bonchev–Trinajstić information content (AvgIpc) is 3.05. The summed E-state index contributed by atoms with van der Waals surface area (Å²) in [5, 5.41) is 12.8. The van der Waals surface area contributed by atoms with Crippen LogP contribution in [0.4, 0.5) is 16.8 Å². The van der Waals surface area contributed by atoms with Gasteiger partial charge in [0.1, 0.15) is 4.88 Å². The second kappa shape index (κ2) is 8.53. The number of sulfonamides is 1. The lowest BCUT2D eigenvalue weighted by Gasteiger charge is -2.08. The molecule has 3 N–H and O–H groups in total. The predicted molar refractivity (Wildman–Crippen MR) is 110 cm³/mol. The fourth-order valence-corrected chi connectivity index (χ4v) is 4.32. The van der Waals surface area contributed by atoms with E-state index in [2.05, 4.69) is 25.0 Å². The van der Waals surface area contributed by atoms with Gasteiger partial charge in [0.15, 0.2) is 5.13 Å². The summed E-state index contributed by atoms with van der Waals surface area (Å²) in [7, 11) is -3.83. The number of hydrogen-bond acceptors (Lipinski definition) is 8. The minimum absolute atomic E-state index is 0.000333. The average molecular weight is 434 g/mol. The SMILES string of the molecule is CCCc1nc(Nc2ccc(S(=O)(=O)Nc3nccc(C)n3)cc2)sc1C(=O)O. The Morgan fingerprint density at radius 3 is 2.52 bits per heavy atom. The van der Waals surface area contributed by atoms with Crippen molar-refractivity contribution in [3.05, 3.63) is 52.8 Å². The zero-order valence-corrected chi connectivity index (χ0v) is 17.3. The van der Waals surface area contributed by atoms with Crippen LogP contribution in [0.25, 0.3) is 0 Å². The Hall–Kier alpha value is -3.05. The quantitative estimate of drug-likeness (QED) is 0.492. The largest absolute Gasteiger partial charge is 0.477 e. The molecule has 0 bridgehead atoms. The van der Waals surface area contributed by atoms with E-state index in [4.69, 9.17) is 0 Å². The number of aromatic carboxylic acids is 1. The molecule has 9 nitrogen and oxygen atoms in total. The highest BCUT2D eigenvalue weighted by Gasteiger charge is 2.18. The van der Waals surface area contributed by atoms with Gasteiger partial charge in [-0.1, -0.05) is 24.7 Å². The number of carboxylic acids is 1. The van der Waals surface area contributed by atoms with Gasteiger partial charge in [0.05, 0.1) is 10.6 Å². The molecule has 0 amide bonds. The molecular weight excluding hydrogens is 414 g/mol. The molecule has 0 aliphatic carbocycles. The second-order valence-electron chi connectivity index (χ2n) is 6.13. The lowest BCUT2D eigenvalue weighted by molar-refractivity contribution is 0.0700. The van der Waals surface area contributed by atoms with E-state index in [9.17, 15) is 18.3 Å². The maximum atomic E-state index is 12.5. The molecule has 2 aromatic heterocycles. The summed E-state index contributed by atoms with van der Waals surface area (Å²) in [5.41, 5.74) is 1.77. The van der Waals surface area contributed by atoms with E-state index in [0.717, 1.165) is 17.8 Å². The first-order chi connectivity index (χ1) is 13.8. The maximum absolute atomic E-state index is 12.5. The number of benzene rings is 1. The van der Waals surface area contributed by atoms with Crippen LogP contribution in [0.3, 0.4) is 0 Å². The molecule has 11 heteroatoms. The molecule has 2 heterocycles. The summed E-state index contributed by atoms with van der Waals surface area (Å²) in [6, 6.07) is 7.68. The van der Waals surface area contributed by atoms with Crippen LogP contribution in [0, 0.1) is 6.92 Å². The summed E-state index contributed by atoms with van der Waals surface area (Å²) in [5.74, 6) is -1.01. The molecule has 0 saturated heterocycles. The van der Waals surface area contributed by atoms with Crippen LogP contribution in [0.2, 0.25) is 0 Å². The zero-order chi connectivity index (χ0) is 21.0. The molecule has 3 aromatic rings. The van der Waals surface area contributed by atoms with Crippen molar-refractivity contribution in [1.82, 2.24) is 15.0 Å². The van der Waals surface area contributed by atoms with Crippen LogP contribution >= 0.6 is 11.3 Å². The highest BCUT2D eigenvalue weighted by atomic mass is 32.2. The smallest absolute Gasteiger partial charge is 0.347 e. The minimum atomic E-state index is -3.83. The molecule has 0 fully saturated rings. The topological polar surface area (TPSA) is 134 Å². The number of rotatable bonds is 8. The van der Waals surface area contributed by atoms with Crippen molar-refractivity contribution < 1.29 is 18.3 Å². The standard InChI is InChI=1S/C18H19N5O4S2/c1-3-4-14-15(16(24)25)28-18(22-14)21-12-5-7-13(8-6-12)29(26,27)23-17-19-10-9-11(2)20-17/h5-10H,3-4H2,1-2H3,(H,21,22)(H,24,25)(H,19,20,23). The molecule has 0 atom stereocenters. The molecule has 0 aliphatic rings. The van der Waals surface area contributed by atoms with Crippen molar-refractivity contribution in [2.45, 2.75) is 31.6 Å². The number of thiazole rings is 1. The van der Waals surface area contributed by atoms with Gasteiger partial charge in [-0.2, -0.15) is 0 Å². The number of aromatic nitrogens is 3. The molecule has 0 aliphatic heterocycles. The third kappa shape index (κ3) is 5.06. The molecule has 1 aromatic carbocycles. The molecule has 152 valence electrons. The normalized spacial score (nSPS) is 11.2. The monoisotopic (exact) mass is 433 g/mol. The van der Waals surface area contributed by atoms with Gasteiger partial charge < -0.3 is 10.4 Å². The third-order valence-electron chi connectivity index (χ3n) is 3.81. The zero-order valence-electron chi connectivity index (χ0n) is 15.7. The Morgan fingerprint density at radius 1 is 1.17 bits per heavy atom. The number of anilines is 3. The van der Waals surface area contributed by atoms with Crippen molar-refractivity contribution >= 4 is 44.1 Å². The van der Waals surface area contributed by atoms with Crippen LogP contribution in [-0.2, 0) is 16.4 Å². The van der Waals surface area contributed by atoms with Gasteiger partial charge in [0.2, 0.25) is 5.95 Å². The van der Waals surface area contributed by atoms with Gasteiger partial charge in [-0.05, 0) is 43.7 Å². The molecule has 0 unspecified atom stereocenters. The van der Waals surface area contributed by atoms with E-state index in [1.54, 1.807) is 25.1 Å². The van der Waals surface area contributed by atoms with Gasteiger partial charge in [-0.15, -0.1) is 0 Å². The molecular formula is C18H19N5O4S2. The van der Waals surface area contributed by atoms with E-state index in [-0.39, 0.29) is 15.7 Å². The Morgan fingerprint density at radius 2 is 1.90 bits per heavy atom. The molecule has 0 radical (unpaired) electrons. The van der Waals surface area contributed by atoms with Gasteiger partial charge in [-0.25, -0.2) is 32.9 Å². The third-order valence-corrected chi connectivity index (χ3v) is 6.16. The van der Waals surface area contributed by atoms with Gasteiger partial charge in [0, 0.05) is 17.6 Å². The Bertz CT molecular complexity index is 1130. The Balaban J connectivity index is 1.76. The van der Waals surface area contributed by atoms with Crippen LogP contribution in [0.5, 0.6) is 0 Å². The van der Waals surface area contributed by atoms with Crippen LogP contribution < -0.4 is 10.0 Å². The van der Waals surface area contributed by atoms with Crippen molar-refractivity contribution in [2.75, 3.05) is 10.0 Å². The van der Waals surface area contributed by atoms with Crippen molar-refractivity contribution in [3.8, 4) is 0 Å². The van der Waals surface area contributed by atoms with Crippen molar-refractivity contribution in [1.29, 1.82) is 0 Å². The van der Waals surface area contributed by atoms with E-state index in [1.165, 1.54) is 18.3 Å². The van der Waals surface area contributed by atoms with Crippen LogP contribution in [-0.4, -0.2) is 34.4 Å². The summed E-state index contributed by atoms with van der Waals surface area (Å²) in [6.07, 6.45) is 2.83. The van der Waals surface area contributed by atoms with Crippen LogP contribution in [0.1, 0.15) is 34.4 Å². The van der Waals surface area contributed by atoms with Crippen molar-refractivity contribution in [3.63, 3.8) is 0 Å². The molecule has 0 spiro atoms. The summed E-state index contributed by atoms with van der Waals surface area (Å²) in [4.78, 5) is 23.9. The molecule has 0 saturated carbocycles. The first-order valence-corrected chi connectivity index (χ1v) is 11.0. The number of nitrogens with zero attached hydrogens (tertiary/aromatic N) is 3. The number of aryl methyl sites for hydroxylation is 2. The van der Waals surface area contributed by atoms with E-state index < -0.39 is 16.0 Å².